The largest absolute Gasteiger partial charge is 0.397 e. The third-order valence-corrected chi connectivity index (χ3v) is 2.71. The van der Waals surface area contributed by atoms with E-state index in [1.54, 1.807) is 18.6 Å². The number of imidazole rings is 1. The third kappa shape index (κ3) is 1.52. The smallest absolute Gasteiger partial charge is 0.179 e. The molecule has 1 aliphatic heterocycles. The number of anilines is 1. The highest BCUT2D eigenvalue weighted by Gasteiger charge is 2.31. The SMILES string of the molecule is Nc1ccnc2ncn(CC(O)C3CO3)c12. The Morgan fingerprint density at radius 1 is 1.62 bits per heavy atom. The van der Waals surface area contributed by atoms with Crippen LogP contribution >= 0.6 is 0 Å². The fourth-order valence-corrected chi connectivity index (χ4v) is 1.76. The Bertz CT molecular complexity index is 521. The third-order valence-electron chi connectivity index (χ3n) is 2.71. The highest BCUT2D eigenvalue weighted by atomic mass is 16.6. The van der Waals surface area contributed by atoms with Crippen molar-refractivity contribution in [2.75, 3.05) is 12.3 Å². The number of aliphatic hydroxyl groups is 1. The Hall–Kier alpha value is -1.66. The molecule has 0 saturated carbocycles. The second kappa shape index (κ2) is 3.43. The van der Waals surface area contributed by atoms with Crippen molar-refractivity contribution in [3.05, 3.63) is 18.6 Å². The van der Waals surface area contributed by atoms with Crippen LogP contribution in [0, 0.1) is 0 Å². The maximum absolute atomic E-state index is 9.78. The predicted molar refractivity (Wildman–Crippen MR) is 57.7 cm³/mol. The van der Waals surface area contributed by atoms with Crippen LogP contribution in [0.25, 0.3) is 11.2 Å². The zero-order chi connectivity index (χ0) is 11.1. The number of nitrogens with zero attached hydrogens (tertiary/aromatic N) is 3. The van der Waals surface area contributed by atoms with E-state index in [2.05, 4.69) is 9.97 Å². The molecule has 3 rings (SSSR count). The lowest BCUT2D eigenvalue weighted by Gasteiger charge is -2.09. The second-order valence-corrected chi connectivity index (χ2v) is 3.91. The molecule has 1 fully saturated rings. The first-order valence-electron chi connectivity index (χ1n) is 5.10. The molecule has 0 aliphatic carbocycles. The summed E-state index contributed by atoms with van der Waals surface area (Å²) in [7, 11) is 0. The van der Waals surface area contributed by atoms with Gasteiger partial charge < -0.3 is 20.1 Å². The van der Waals surface area contributed by atoms with Gasteiger partial charge in [0.2, 0.25) is 0 Å². The molecule has 6 nitrogen and oxygen atoms in total. The predicted octanol–water partition coefficient (Wildman–Crippen LogP) is -0.227. The van der Waals surface area contributed by atoms with Crippen LogP contribution in [0.4, 0.5) is 5.69 Å². The quantitative estimate of drug-likeness (QED) is 0.697. The van der Waals surface area contributed by atoms with Crippen LogP contribution in [0.15, 0.2) is 18.6 Å². The van der Waals surface area contributed by atoms with Crippen LogP contribution in [0.2, 0.25) is 0 Å². The van der Waals surface area contributed by atoms with Gasteiger partial charge in [-0.15, -0.1) is 0 Å². The van der Waals surface area contributed by atoms with Crippen molar-refractivity contribution >= 4 is 16.9 Å². The summed E-state index contributed by atoms with van der Waals surface area (Å²) >= 11 is 0. The number of pyridine rings is 1. The van der Waals surface area contributed by atoms with E-state index < -0.39 is 6.10 Å². The molecule has 3 N–H and O–H groups in total. The van der Waals surface area contributed by atoms with E-state index >= 15 is 0 Å². The van der Waals surface area contributed by atoms with Crippen molar-refractivity contribution in [2.24, 2.45) is 0 Å². The molecule has 2 unspecified atom stereocenters. The molecule has 2 aromatic heterocycles. The van der Waals surface area contributed by atoms with Crippen molar-refractivity contribution in [2.45, 2.75) is 18.8 Å². The van der Waals surface area contributed by atoms with Gasteiger partial charge in [0.15, 0.2) is 5.65 Å². The summed E-state index contributed by atoms with van der Waals surface area (Å²) in [6.45, 7) is 1.05. The maximum Gasteiger partial charge on any atom is 0.179 e. The Labute approximate surface area is 91.7 Å². The van der Waals surface area contributed by atoms with E-state index in [4.69, 9.17) is 10.5 Å². The number of nitrogens with two attached hydrogens (primary N) is 1. The van der Waals surface area contributed by atoms with Crippen LogP contribution in [-0.2, 0) is 11.3 Å². The van der Waals surface area contributed by atoms with Gasteiger partial charge in [0, 0.05) is 6.20 Å². The molecule has 84 valence electrons. The van der Waals surface area contributed by atoms with Crippen LogP contribution in [0.5, 0.6) is 0 Å². The van der Waals surface area contributed by atoms with Crippen molar-refractivity contribution in [1.82, 2.24) is 14.5 Å². The Morgan fingerprint density at radius 3 is 3.19 bits per heavy atom. The molecule has 0 amide bonds. The van der Waals surface area contributed by atoms with Gasteiger partial charge in [-0.05, 0) is 6.07 Å². The number of ether oxygens (including phenoxy) is 1. The number of aromatic nitrogens is 3. The first-order chi connectivity index (χ1) is 7.75. The number of hydrogen-bond donors (Lipinski definition) is 2. The molecular weight excluding hydrogens is 208 g/mol. The van der Waals surface area contributed by atoms with Gasteiger partial charge >= 0.3 is 0 Å². The van der Waals surface area contributed by atoms with E-state index in [0.29, 0.717) is 24.5 Å². The zero-order valence-electron chi connectivity index (χ0n) is 8.58. The zero-order valence-corrected chi connectivity index (χ0v) is 8.58. The molecule has 1 saturated heterocycles. The van der Waals surface area contributed by atoms with E-state index in [-0.39, 0.29) is 6.10 Å². The number of rotatable bonds is 3. The summed E-state index contributed by atoms with van der Waals surface area (Å²) in [5.41, 5.74) is 7.84. The monoisotopic (exact) mass is 220 g/mol. The van der Waals surface area contributed by atoms with Crippen molar-refractivity contribution in [1.29, 1.82) is 0 Å². The minimum atomic E-state index is -0.517. The fourth-order valence-electron chi connectivity index (χ4n) is 1.76. The molecule has 1 aliphatic rings. The maximum atomic E-state index is 9.78. The number of nitrogen functional groups attached to an aromatic ring is 1. The van der Waals surface area contributed by atoms with E-state index in [1.807, 2.05) is 4.57 Å². The Balaban J connectivity index is 1.96. The second-order valence-electron chi connectivity index (χ2n) is 3.91. The number of aliphatic hydroxyl groups excluding tert-OH is 1. The number of hydrogen-bond acceptors (Lipinski definition) is 5. The van der Waals surface area contributed by atoms with Gasteiger partial charge in [-0.25, -0.2) is 9.97 Å². The van der Waals surface area contributed by atoms with E-state index in [0.717, 1.165) is 5.52 Å². The highest BCUT2D eigenvalue weighted by Crippen LogP contribution is 2.20. The minimum absolute atomic E-state index is 0.0460. The number of fused-ring (bicyclic) bond motifs is 1. The van der Waals surface area contributed by atoms with Gasteiger partial charge in [-0.2, -0.15) is 0 Å². The molecule has 0 aromatic carbocycles. The van der Waals surface area contributed by atoms with Crippen LogP contribution < -0.4 is 5.73 Å². The summed E-state index contributed by atoms with van der Waals surface area (Å²) in [6, 6.07) is 1.72. The lowest BCUT2D eigenvalue weighted by molar-refractivity contribution is 0.119. The first kappa shape index (κ1) is 9.56. The summed E-state index contributed by atoms with van der Waals surface area (Å²) in [4.78, 5) is 8.24. The van der Waals surface area contributed by atoms with Crippen molar-refractivity contribution in [3.8, 4) is 0 Å². The molecule has 0 spiro atoms. The molecule has 0 radical (unpaired) electrons. The van der Waals surface area contributed by atoms with E-state index in [1.165, 1.54) is 0 Å². The van der Waals surface area contributed by atoms with Crippen LogP contribution in [0.1, 0.15) is 0 Å². The lowest BCUT2D eigenvalue weighted by Crippen LogP contribution is -2.21. The van der Waals surface area contributed by atoms with Crippen molar-refractivity contribution < 1.29 is 9.84 Å². The minimum Gasteiger partial charge on any atom is -0.397 e. The summed E-state index contributed by atoms with van der Waals surface area (Å²) in [5.74, 6) is 0. The molecule has 16 heavy (non-hydrogen) atoms. The summed E-state index contributed by atoms with van der Waals surface area (Å²) in [5, 5.41) is 9.78. The molecule has 6 heteroatoms. The number of epoxide rings is 1. The standard InChI is InChI=1S/C10H12N4O2/c11-6-1-2-12-10-9(6)14(5-13-10)3-7(15)8-4-16-8/h1-2,5,7-8,15H,3-4H2,(H2,11,12). The first-order valence-corrected chi connectivity index (χ1v) is 5.10. The molecule has 2 atom stereocenters. The average molecular weight is 220 g/mol. The average Bonchev–Trinajstić information content (AvgIpc) is 3.03. The molecule has 0 bridgehead atoms. The molecule has 2 aromatic rings. The Morgan fingerprint density at radius 2 is 2.44 bits per heavy atom. The Kier molecular flexibility index (Phi) is 2.05. The van der Waals surface area contributed by atoms with Crippen LogP contribution in [-0.4, -0.2) is 38.5 Å². The fraction of sp³-hybridized carbons (Fsp3) is 0.400. The van der Waals surface area contributed by atoms with Gasteiger partial charge in [-0.3, -0.25) is 0 Å². The topological polar surface area (TPSA) is 89.5 Å². The van der Waals surface area contributed by atoms with Crippen LogP contribution in [0.3, 0.4) is 0 Å². The summed E-state index contributed by atoms with van der Waals surface area (Å²) in [6.07, 6.45) is 2.70. The van der Waals surface area contributed by atoms with E-state index in [9.17, 15) is 5.11 Å². The van der Waals surface area contributed by atoms with Gasteiger partial charge in [-0.1, -0.05) is 0 Å². The lowest BCUT2D eigenvalue weighted by atomic mass is 10.2. The van der Waals surface area contributed by atoms with Crippen molar-refractivity contribution in [3.63, 3.8) is 0 Å². The molecule has 3 heterocycles. The normalized spacial score (nSPS) is 21.2. The highest BCUT2D eigenvalue weighted by molar-refractivity contribution is 5.83. The molecular formula is C10H12N4O2. The van der Waals surface area contributed by atoms with Gasteiger partial charge in [0.1, 0.15) is 17.7 Å². The van der Waals surface area contributed by atoms with Gasteiger partial charge in [0.05, 0.1) is 25.2 Å². The summed E-state index contributed by atoms with van der Waals surface area (Å²) < 4.78 is 6.84. The van der Waals surface area contributed by atoms with Gasteiger partial charge in [0.25, 0.3) is 0 Å².